The summed E-state index contributed by atoms with van der Waals surface area (Å²) in [6.45, 7) is 6.29. The number of hydrogen-bond donors (Lipinski definition) is 1. The molecule has 1 rings (SSSR count). The fourth-order valence-corrected chi connectivity index (χ4v) is 2.12. The van der Waals surface area contributed by atoms with Crippen molar-refractivity contribution >= 4 is 17.7 Å². The maximum Gasteiger partial charge on any atom is 0.254 e. The second-order valence-corrected chi connectivity index (χ2v) is 4.82. The quantitative estimate of drug-likeness (QED) is 0.634. The molecule has 0 aliphatic rings. The molecule has 0 aliphatic carbocycles. The van der Waals surface area contributed by atoms with E-state index in [-0.39, 0.29) is 12.5 Å². The molecular weight excluding hydrogens is 246 g/mol. The van der Waals surface area contributed by atoms with Gasteiger partial charge in [0.05, 0.1) is 6.61 Å². The van der Waals surface area contributed by atoms with E-state index < -0.39 is 0 Å². The summed E-state index contributed by atoms with van der Waals surface area (Å²) in [4.78, 5) is 15.0. The van der Waals surface area contributed by atoms with Gasteiger partial charge in [0.2, 0.25) is 0 Å². The highest BCUT2D eigenvalue weighted by atomic mass is 32.2. The van der Waals surface area contributed by atoms with E-state index in [9.17, 15) is 4.79 Å². The van der Waals surface area contributed by atoms with Crippen molar-refractivity contribution in [1.82, 2.24) is 4.90 Å². The molecule has 0 saturated heterocycles. The molecule has 1 aromatic rings. The highest BCUT2D eigenvalue weighted by Crippen LogP contribution is 2.20. The van der Waals surface area contributed by atoms with Crippen molar-refractivity contribution in [2.24, 2.45) is 0 Å². The number of carbonyl (C=O) groups excluding carboxylic acids is 1. The van der Waals surface area contributed by atoms with Gasteiger partial charge in [-0.25, -0.2) is 0 Å². The van der Waals surface area contributed by atoms with Gasteiger partial charge < -0.3 is 10.0 Å². The lowest BCUT2D eigenvalue weighted by atomic mass is 10.1. The van der Waals surface area contributed by atoms with Crippen LogP contribution in [0.15, 0.2) is 35.7 Å². The lowest BCUT2D eigenvalue weighted by molar-refractivity contribution is 0.0742. The van der Waals surface area contributed by atoms with E-state index in [0.717, 1.165) is 10.5 Å². The van der Waals surface area contributed by atoms with Crippen LogP contribution in [-0.2, 0) is 0 Å². The van der Waals surface area contributed by atoms with Crippen LogP contribution in [0, 0.1) is 6.92 Å². The first-order chi connectivity index (χ1) is 8.63. The number of rotatable bonds is 6. The first-order valence-electron chi connectivity index (χ1n) is 5.79. The van der Waals surface area contributed by atoms with Gasteiger partial charge in [-0.3, -0.25) is 4.79 Å². The lowest BCUT2D eigenvalue weighted by Crippen LogP contribution is -2.34. The third-order valence-electron chi connectivity index (χ3n) is 2.68. The van der Waals surface area contributed by atoms with Crippen LogP contribution in [0.2, 0.25) is 0 Å². The first kappa shape index (κ1) is 14.8. The van der Waals surface area contributed by atoms with Crippen LogP contribution in [-0.4, -0.2) is 41.9 Å². The van der Waals surface area contributed by atoms with Crippen molar-refractivity contribution in [3.8, 4) is 0 Å². The van der Waals surface area contributed by atoms with E-state index in [0.29, 0.717) is 18.7 Å². The maximum atomic E-state index is 12.4. The monoisotopic (exact) mass is 265 g/mol. The second kappa shape index (κ2) is 7.24. The number of carbonyl (C=O) groups is 1. The number of thioether (sulfide) groups is 1. The van der Waals surface area contributed by atoms with Gasteiger partial charge in [-0.2, -0.15) is 0 Å². The Labute approximate surface area is 113 Å². The summed E-state index contributed by atoms with van der Waals surface area (Å²) in [5, 5.41) is 9.00. The van der Waals surface area contributed by atoms with Crippen molar-refractivity contribution < 1.29 is 9.90 Å². The molecule has 1 amide bonds. The van der Waals surface area contributed by atoms with Crippen molar-refractivity contribution in [3.63, 3.8) is 0 Å². The Balaban J connectivity index is 3.02. The minimum atomic E-state index is -0.0580. The van der Waals surface area contributed by atoms with Crippen LogP contribution < -0.4 is 0 Å². The highest BCUT2D eigenvalue weighted by molar-refractivity contribution is 7.98. The molecule has 0 saturated carbocycles. The zero-order chi connectivity index (χ0) is 13.5. The van der Waals surface area contributed by atoms with Crippen molar-refractivity contribution in [1.29, 1.82) is 0 Å². The van der Waals surface area contributed by atoms with E-state index in [2.05, 4.69) is 6.58 Å². The number of benzene rings is 1. The Morgan fingerprint density at radius 1 is 1.56 bits per heavy atom. The van der Waals surface area contributed by atoms with E-state index in [1.807, 2.05) is 31.4 Å². The average Bonchev–Trinajstić information content (AvgIpc) is 2.38. The fraction of sp³-hybridized carbons (Fsp3) is 0.357. The summed E-state index contributed by atoms with van der Waals surface area (Å²) in [6.07, 6.45) is 3.65. The summed E-state index contributed by atoms with van der Waals surface area (Å²) in [5.74, 6) is -0.0580. The molecule has 4 heteroatoms. The normalized spacial score (nSPS) is 10.2. The van der Waals surface area contributed by atoms with Crippen LogP contribution in [0.25, 0.3) is 0 Å². The zero-order valence-electron chi connectivity index (χ0n) is 10.8. The topological polar surface area (TPSA) is 40.5 Å². The predicted octanol–water partition coefficient (Wildman–Crippen LogP) is 2.34. The molecule has 0 atom stereocenters. The Morgan fingerprint density at radius 2 is 2.28 bits per heavy atom. The number of hydrogen-bond acceptors (Lipinski definition) is 3. The molecule has 0 radical (unpaired) electrons. The third-order valence-corrected chi connectivity index (χ3v) is 3.41. The van der Waals surface area contributed by atoms with E-state index >= 15 is 0 Å². The van der Waals surface area contributed by atoms with E-state index in [1.165, 1.54) is 0 Å². The molecule has 1 aromatic carbocycles. The van der Waals surface area contributed by atoms with Gasteiger partial charge in [0.15, 0.2) is 0 Å². The molecule has 1 N–H and O–H groups in total. The smallest absolute Gasteiger partial charge is 0.254 e. The van der Waals surface area contributed by atoms with Gasteiger partial charge in [0, 0.05) is 23.5 Å². The van der Waals surface area contributed by atoms with Crippen molar-refractivity contribution in [2.45, 2.75) is 11.8 Å². The van der Waals surface area contributed by atoms with Crippen LogP contribution in [0.4, 0.5) is 0 Å². The zero-order valence-corrected chi connectivity index (χ0v) is 11.7. The van der Waals surface area contributed by atoms with Gasteiger partial charge in [-0.15, -0.1) is 18.3 Å². The SMILES string of the molecule is C=CCN(CCO)C(=O)c1cc(SC)ccc1C. The van der Waals surface area contributed by atoms with Crippen LogP contribution in [0.1, 0.15) is 15.9 Å². The molecule has 3 nitrogen and oxygen atoms in total. The fourth-order valence-electron chi connectivity index (χ4n) is 1.68. The van der Waals surface area contributed by atoms with Crippen LogP contribution in [0.3, 0.4) is 0 Å². The molecule has 0 fully saturated rings. The molecule has 18 heavy (non-hydrogen) atoms. The summed E-state index contributed by atoms with van der Waals surface area (Å²) < 4.78 is 0. The van der Waals surface area contributed by atoms with Gasteiger partial charge in [-0.05, 0) is 30.9 Å². The minimum absolute atomic E-state index is 0.0408. The molecular formula is C14H19NO2S. The van der Waals surface area contributed by atoms with Gasteiger partial charge in [-0.1, -0.05) is 12.1 Å². The maximum absolute atomic E-state index is 12.4. The van der Waals surface area contributed by atoms with Gasteiger partial charge in [0.25, 0.3) is 5.91 Å². The third kappa shape index (κ3) is 3.62. The standard InChI is InChI=1S/C14H19NO2S/c1-4-7-15(8-9-16)14(17)13-10-12(18-3)6-5-11(13)2/h4-6,10,16H,1,7-9H2,2-3H3. The number of amides is 1. The summed E-state index contributed by atoms with van der Waals surface area (Å²) in [6, 6.07) is 5.85. The largest absolute Gasteiger partial charge is 0.395 e. The molecule has 0 unspecified atom stereocenters. The summed E-state index contributed by atoms with van der Waals surface area (Å²) >= 11 is 1.61. The van der Waals surface area contributed by atoms with E-state index in [4.69, 9.17) is 5.11 Å². The Hall–Kier alpha value is -1.26. The Kier molecular flexibility index (Phi) is 5.95. The number of aliphatic hydroxyl groups excluding tert-OH is 1. The molecule has 0 heterocycles. The molecule has 0 aliphatic heterocycles. The molecule has 98 valence electrons. The number of nitrogens with zero attached hydrogens (tertiary/aromatic N) is 1. The van der Waals surface area contributed by atoms with E-state index in [1.54, 1.807) is 22.7 Å². The predicted molar refractivity (Wildman–Crippen MR) is 76.1 cm³/mol. The summed E-state index contributed by atoms with van der Waals surface area (Å²) in [7, 11) is 0. The second-order valence-electron chi connectivity index (χ2n) is 3.94. The summed E-state index contributed by atoms with van der Waals surface area (Å²) in [5.41, 5.74) is 1.64. The molecule has 0 spiro atoms. The van der Waals surface area contributed by atoms with Crippen molar-refractivity contribution in [3.05, 3.63) is 42.0 Å². The lowest BCUT2D eigenvalue weighted by Gasteiger charge is -2.21. The van der Waals surface area contributed by atoms with Crippen LogP contribution >= 0.6 is 11.8 Å². The number of aliphatic hydroxyl groups is 1. The highest BCUT2D eigenvalue weighted by Gasteiger charge is 2.16. The minimum Gasteiger partial charge on any atom is -0.395 e. The Morgan fingerprint density at radius 3 is 2.83 bits per heavy atom. The average molecular weight is 265 g/mol. The molecule has 0 aromatic heterocycles. The van der Waals surface area contributed by atoms with Crippen molar-refractivity contribution in [2.75, 3.05) is 26.0 Å². The Bertz CT molecular complexity index is 432. The van der Waals surface area contributed by atoms with Gasteiger partial charge >= 0.3 is 0 Å². The number of aryl methyl sites for hydroxylation is 1. The first-order valence-corrected chi connectivity index (χ1v) is 7.02. The van der Waals surface area contributed by atoms with Crippen LogP contribution in [0.5, 0.6) is 0 Å². The van der Waals surface area contributed by atoms with Gasteiger partial charge in [0.1, 0.15) is 0 Å². The molecule has 0 bridgehead atoms.